The van der Waals surface area contributed by atoms with Crippen molar-refractivity contribution in [2.75, 3.05) is 13.6 Å². The van der Waals surface area contributed by atoms with Gasteiger partial charge < -0.3 is 10.6 Å². The highest BCUT2D eigenvalue weighted by Crippen LogP contribution is 2.17. The van der Waals surface area contributed by atoms with E-state index in [-0.39, 0.29) is 6.04 Å². The topological polar surface area (TPSA) is 29.3 Å². The number of rotatable bonds is 8. The minimum atomic E-state index is 0.159. The van der Waals surface area contributed by atoms with Gasteiger partial charge in [0.2, 0.25) is 0 Å². The quantitative estimate of drug-likeness (QED) is 0.796. The molecule has 0 aliphatic carbocycles. The lowest BCUT2D eigenvalue weighted by Crippen LogP contribution is -2.31. The van der Waals surface area contributed by atoms with E-state index in [0.717, 1.165) is 25.8 Å². The number of likely N-dealkylation sites (N-methyl/N-ethyl adjacent to an activating group) is 1. The lowest BCUT2D eigenvalue weighted by atomic mass is 10.0. The van der Waals surface area contributed by atoms with Crippen LogP contribution in [-0.4, -0.2) is 24.5 Å². The van der Waals surface area contributed by atoms with Crippen molar-refractivity contribution in [3.63, 3.8) is 0 Å². The Morgan fingerprint density at radius 3 is 2.57 bits per heavy atom. The summed E-state index contributed by atoms with van der Waals surface area (Å²) >= 11 is 1.85. The predicted molar refractivity (Wildman–Crippen MR) is 92.7 cm³/mol. The summed E-state index contributed by atoms with van der Waals surface area (Å²) in [6.07, 6.45) is 3.32. The first-order chi connectivity index (χ1) is 10.2. The van der Waals surface area contributed by atoms with Crippen molar-refractivity contribution in [1.29, 1.82) is 0 Å². The van der Waals surface area contributed by atoms with Crippen LogP contribution in [-0.2, 0) is 6.42 Å². The number of nitrogens with two attached hydrogens (primary N) is 1. The van der Waals surface area contributed by atoms with Crippen LogP contribution >= 0.6 is 11.3 Å². The highest BCUT2D eigenvalue weighted by Gasteiger charge is 2.11. The summed E-state index contributed by atoms with van der Waals surface area (Å²) in [5.41, 5.74) is 7.49. The first-order valence-electron chi connectivity index (χ1n) is 7.70. The van der Waals surface area contributed by atoms with Gasteiger partial charge in [-0.2, -0.15) is 0 Å². The van der Waals surface area contributed by atoms with Crippen molar-refractivity contribution in [2.45, 2.75) is 38.3 Å². The zero-order valence-electron chi connectivity index (χ0n) is 13.0. The molecule has 0 saturated carbocycles. The molecule has 0 aliphatic heterocycles. The lowest BCUT2D eigenvalue weighted by Gasteiger charge is -2.25. The molecule has 2 unspecified atom stereocenters. The van der Waals surface area contributed by atoms with Crippen molar-refractivity contribution in [2.24, 2.45) is 5.73 Å². The van der Waals surface area contributed by atoms with Crippen LogP contribution in [0, 0.1) is 0 Å². The van der Waals surface area contributed by atoms with E-state index in [1.54, 1.807) is 0 Å². The van der Waals surface area contributed by atoms with Crippen LogP contribution in [0.1, 0.15) is 36.2 Å². The summed E-state index contributed by atoms with van der Waals surface area (Å²) < 4.78 is 0. The predicted octanol–water partition coefficient (Wildman–Crippen LogP) is 4.09. The third-order valence-electron chi connectivity index (χ3n) is 4.08. The second-order valence-electron chi connectivity index (χ2n) is 5.77. The average molecular weight is 302 g/mol. The summed E-state index contributed by atoms with van der Waals surface area (Å²) in [6, 6.07) is 15.5. The maximum Gasteiger partial charge on any atom is 0.0295 e. The van der Waals surface area contributed by atoms with E-state index in [1.165, 1.54) is 10.4 Å². The Balaban J connectivity index is 1.70. The summed E-state index contributed by atoms with van der Waals surface area (Å²) in [6.45, 7) is 3.41. The smallest absolute Gasteiger partial charge is 0.0295 e. The SMILES string of the molecule is CC(Cc1cccs1)N(C)CCCC(N)c1ccccc1. The van der Waals surface area contributed by atoms with Gasteiger partial charge >= 0.3 is 0 Å². The van der Waals surface area contributed by atoms with Gasteiger partial charge in [0, 0.05) is 17.0 Å². The van der Waals surface area contributed by atoms with Crippen LogP contribution < -0.4 is 5.73 Å². The molecular formula is C18H26N2S. The van der Waals surface area contributed by atoms with Gasteiger partial charge in [0.1, 0.15) is 0 Å². The standard InChI is InChI=1S/C18H26N2S/c1-15(14-17-10-7-13-21-17)20(2)12-6-11-18(19)16-8-4-3-5-9-16/h3-5,7-10,13,15,18H,6,11-12,14,19H2,1-2H3. The van der Waals surface area contributed by atoms with Gasteiger partial charge in [-0.05, 0) is 56.8 Å². The summed E-state index contributed by atoms with van der Waals surface area (Å²) in [4.78, 5) is 3.91. The van der Waals surface area contributed by atoms with Gasteiger partial charge in [-0.25, -0.2) is 0 Å². The zero-order chi connectivity index (χ0) is 15.1. The monoisotopic (exact) mass is 302 g/mol. The second kappa shape index (κ2) is 8.32. The highest BCUT2D eigenvalue weighted by molar-refractivity contribution is 7.09. The molecule has 0 aliphatic rings. The molecule has 0 bridgehead atoms. The molecule has 3 heteroatoms. The summed E-state index contributed by atoms with van der Waals surface area (Å²) in [5.74, 6) is 0. The fourth-order valence-corrected chi connectivity index (χ4v) is 3.35. The van der Waals surface area contributed by atoms with E-state index in [4.69, 9.17) is 5.73 Å². The van der Waals surface area contributed by atoms with E-state index >= 15 is 0 Å². The Morgan fingerprint density at radius 1 is 1.14 bits per heavy atom. The molecule has 2 rings (SSSR count). The molecule has 21 heavy (non-hydrogen) atoms. The number of hydrogen-bond donors (Lipinski definition) is 1. The Morgan fingerprint density at radius 2 is 1.90 bits per heavy atom. The number of nitrogens with zero attached hydrogens (tertiary/aromatic N) is 1. The van der Waals surface area contributed by atoms with Gasteiger partial charge in [-0.1, -0.05) is 36.4 Å². The van der Waals surface area contributed by atoms with Crippen molar-refractivity contribution in [1.82, 2.24) is 4.90 Å². The van der Waals surface area contributed by atoms with Crippen LogP contribution in [0.5, 0.6) is 0 Å². The van der Waals surface area contributed by atoms with E-state index in [0.29, 0.717) is 6.04 Å². The van der Waals surface area contributed by atoms with E-state index < -0.39 is 0 Å². The minimum Gasteiger partial charge on any atom is -0.324 e. The normalized spacial score (nSPS) is 14.3. The fourth-order valence-electron chi connectivity index (χ4n) is 2.52. The molecule has 114 valence electrons. The van der Waals surface area contributed by atoms with Crippen molar-refractivity contribution in [3.8, 4) is 0 Å². The molecule has 0 spiro atoms. The van der Waals surface area contributed by atoms with Crippen molar-refractivity contribution in [3.05, 3.63) is 58.3 Å². The molecule has 0 saturated heterocycles. The Kier molecular flexibility index (Phi) is 6.43. The van der Waals surface area contributed by atoms with Gasteiger partial charge in [-0.3, -0.25) is 0 Å². The lowest BCUT2D eigenvalue weighted by molar-refractivity contribution is 0.250. The number of thiophene rings is 1. The number of hydrogen-bond acceptors (Lipinski definition) is 3. The fraction of sp³-hybridized carbons (Fsp3) is 0.444. The molecular weight excluding hydrogens is 276 g/mol. The molecule has 2 N–H and O–H groups in total. The molecule has 0 fully saturated rings. The second-order valence-corrected chi connectivity index (χ2v) is 6.80. The third kappa shape index (κ3) is 5.27. The van der Waals surface area contributed by atoms with Crippen LogP contribution in [0.25, 0.3) is 0 Å². The molecule has 2 atom stereocenters. The van der Waals surface area contributed by atoms with Crippen LogP contribution in [0.3, 0.4) is 0 Å². The minimum absolute atomic E-state index is 0.159. The van der Waals surface area contributed by atoms with Crippen molar-refractivity contribution >= 4 is 11.3 Å². The maximum absolute atomic E-state index is 6.25. The van der Waals surface area contributed by atoms with E-state index in [9.17, 15) is 0 Å². The zero-order valence-corrected chi connectivity index (χ0v) is 13.9. The van der Waals surface area contributed by atoms with Gasteiger partial charge in [-0.15, -0.1) is 11.3 Å². The van der Waals surface area contributed by atoms with Crippen molar-refractivity contribution < 1.29 is 0 Å². The molecule has 1 aromatic carbocycles. The third-order valence-corrected chi connectivity index (χ3v) is 4.98. The largest absolute Gasteiger partial charge is 0.324 e. The summed E-state index contributed by atoms with van der Waals surface area (Å²) in [7, 11) is 2.21. The maximum atomic E-state index is 6.25. The van der Waals surface area contributed by atoms with Gasteiger partial charge in [0.25, 0.3) is 0 Å². The molecule has 1 aromatic heterocycles. The van der Waals surface area contributed by atoms with E-state index in [1.807, 2.05) is 17.4 Å². The summed E-state index contributed by atoms with van der Waals surface area (Å²) in [5, 5.41) is 2.15. The van der Waals surface area contributed by atoms with Gasteiger partial charge in [0.05, 0.1) is 0 Å². The van der Waals surface area contributed by atoms with Crippen LogP contribution in [0.4, 0.5) is 0 Å². The molecule has 1 heterocycles. The number of benzene rings is 1. The molecule has 2 aromatic rings. The molecule has 0 amide bonds. The average Bonchev–Trinajstić information content (AvgIpc) is 3.00. The molecule has 2 nitrogen and oxygen atoms in total. The Bertz CT molecular complexity index is 495. The highest BCUT2D eigenvalue weighted by atomic mass is 32.1. The van der Waals surface area contributed by atoms with Crippen LogP contribution in [0.15, 0.2) is 47.8 Å². The Hall–Kier alpha value is -1.16. The molecule has 0 radical (unpaired) electrons. The van der Waals surface area contributed by atoms with Crippen LogP contribution in [0.2, 0.25) is 0 Å². The first-order valence-corrected chi connectivity index (χ1v) is 8.58. The Labute approximate surface area is 132 Å². The van der Waals surface area contributed by atoms with Gasteiger partial charge in [0.15, 0.2) is 0 Å². The first kappa shape index (κ1) is 16.2. The van der Waals surface area contributed by atoms with E-state index in [2.05, 4.69) is 60.6 Å².